The second kappa shape index (κ2) is 8.30. The molecule has 0 aliphatic carbocycles. The highest BCUT2D eigenvalue weighted by Crippen LogP contribution is 2.41. The maximum absolute atomic E-state index is 12.5. The third-order valence-electron chi connectivity index (χ3n) is 4.18. The number of carbonyl (C=O) groups excluding carboxylic acids is 3. The van der Waals surface area contributed by atoms with Crippen LogP contribution >= 0.6 is 11.8 Å². The lowest BCUT2D eigenvalue weighted by molar-refractivity contribution is -0.154. The van der Waals surface area contributed by atoms with Crippen molar-refractivity contribution < 1.29 is 28.3 Å². The molecule has 1 aliphatic rings. The summed E-state index contributed by atoms with van der Waals surface area (Å²) < 4.78 is 15.4. The van der Waals surface area contributed by atoms with Crippen LogP contribution in [-0.2, 0) is 25.7 Å². The Labute approximate surface area is 160 Å². The number of hydrogen-bond donors (Lipinski definition) is 0. The molecule has 0 bridgehead atoms. The van der Waals surface area contributed by atoms with Crippen molar-refractivity contribution in [3.8, 4) is 0 Å². The second-order valence-electron chi connectivity index (χ2n) is 5.94. The summed E-state index contributed by atoms with van der Waals surface area (Å²) in [7, 11) is 1.31. The molecule has 1 aromatic heterocycles. The number of carbonyl (C=O) groups is 3. The molecule has 3 rings (SSSR count). The van der Waals surface area contributed by atoms with Crippen molar-refractivity contribution in [2.45, 2.75) is 24.9 Å². The Bertz CT molecular complexity index is 817. The topological polar surface area (TPSA) is 86.1 Å². The van der Waals surface area contributed by atoms with Crippen molar-refractivity contribution >= 4 is 29.6 Å². The molecular formula is C19H19NO6S. The lowest BCUT2D eigenvalue weighted by Gasteiger charge is -2.25. The molecule has 0 spiro atoms. The summed E-state index contributed by atoms with van der Waals surface area (Å²) in [6.07, 6.45) is 1.54. The second-order valence-corrected chi connectivity index (χ2v) is 7.05. The molecule has 27 heavy (non-hydrogen) atoms. The minimum absolute atomic E-state index is 0.0542. The number of nitrogens with zero attached hydrogens (tertiary/aromatic N) is 1. The van der Waals surface area contributed by atoms with Crippen molar-refractivity contribution in [3.05, 3.63) is 59.5 Å². The fraction of sp³-hybridized carbons (Fsp3) is 0.316. The highest BCUT2D eigenvalue weighted by Gasteiger charge is 2.43. The standard InChI is InChI=1S/C19H19NO6S/c1-12(21)20-15(11-27-17(20)16-4-3-9-25-16)19(23)26-10-13-5-7-14(8-6-13)18(22)24-2/h3-9,15,17H,10-11H2,1-2H3/t15-,17-/m0/s1. The van der Waals surface area contributed by atoms with Crippen molar-refractivity contribution in [2.75, 3.05) is 12.9 Å². The molecule has 0 radical (unpaired) electrons. The lowest BCUT2D eigenvalue weighted by Crippen LogP contribution is -2.42. The number of furan rings is 1. The van der Waals surface area contributed by atoms with Crippen LogP contribution in [0, 0.1) is 0 Å². The Morgan fingerprint density at radius 2 is 1.96 bits per heavy atom. The number of rotatable bonds is 5. The van der Waals surface area contributed by atoms with Crippen LogP contribution in [-0.4, -0.2) is 41.7 Å². The van der Waals surface area contributed by atoms with Gasteiger partial charge in [0.15, 0.2) is 0 Å². The van der Waals surface area contributed by atoms with Crippen LogP contribution in [0.25, 0.3) is 0 Å². The quantitative estimate of drug-likeness (QED) is 0.727. The number of thioether (sulfide) groups is 1. The van der Waals surface area contributed by atoms with Crippen molar-refractivity contribution in [1.82, 2.24) is 4.90 Å². The fourth-order valence-electron chi connectivity index (χ4n) is 2.83. The summed E-state index contributed by atoms with van der Waals surface area (Å²) in [5, 5.41) is -0.339. The average molecular weight is 389 g/mol. The molecular weight excluding hydrogens is 370 g/mol. The van der Waals surface area contributed by atoms with Gasteiger partial charge in [0, 0.05) is 12.7 Å². The van der Waals surface area contributed by atoms with Gasteiger partial charge in [-0.25, -0.2) is 9.59 Å². The SMILES string of the molecule is COC(=O)c1ccc(COC(=O)[C@@H]2CS[C@@H](c3ccco3)N2C(C)=O)cc1. The van der Waals surface area contributed by atoms with Gasteiger partial charge in [0.05, 0.1) is 18.9 Å². The molecule has 1 saturated heterocycles. The smallest absolute Gasteiger partial charge is 0.337 e. The maximum atomic E-state index is 12.5. The summed E-state index contributed by atoms with van der Waals surface area (Å²) in [6, 6.07) is 9.46. The van der Waals surface area contributed by atoms with Gasteiger partial charge in [-0.05, 0) is 29.8 Å². The predicted molar refractivity (Wildman–Crippen MR) is 97.8 cm³/mol. The molecule has 2 heterocycles. The van der Waals surface area contributed by atoms with Gasteiger partial charge in [0.1, 0.15) is 23.8 Å². The molecule has 1 aromatic carbocycles. The van der Waals surface area contributed by atoms with Crippen LogP contribution in [0.15, 0.2) is 47.1 Å². The van der Waals surface area contributed by atoms with Crippen molar-refractivity contribution in [3.63, 3.8) is 0 Å². The van der Waals surface area contributed by atoms with Gasteiger partial charge in [-0.1, -0.05) is 12.1 Å². The molecule has 8 heteroatoms. The summed E-state index contributed by atoms with van der Waals surface area (Å²) >= 11 is 1.46. The number of benzene rings is 1. The number of methoxy groups -OCH3 is 1. The largest absolute Gasteiger partial charge is 0.466 e. The van der Waals surface area contributed by atoms with E-state index in [4.69, 9.17) is 9.15 Å². The number of hydrogen-bond acceptors (Lipinski definition) is 7. The highest BCUT2D eigenvalue weighted by atomic mass is 32.2. The third kappa shape index (κ3) is 4.16. The van der Waals surface area contributed by atoms with Gasteiger partial charge in [0.2, 0.25) is 5.91 Å². The van der Waals surface area contributed by atoms with Gasteiger partial charge in [-0.3, -0.25) is 4.79 Å². The molecule has 142 valence electrons. The Kier molecular flexibility index (Phi) is 5.85. The third-order valence-corrected chi connectivity index (χ3v) is 5.46. The van der Waals surface area contributed by atoms with Crippen molar-refractivity contribution in [2.24, 2.45) is 0 Å². The number of amides is 1. The Morgan fingerprint density at radius 3 is 2.56 bits per heavy atom. The lowest BCUT2D eigenvalue weighted by atomic mass is 10.1. The van der Waals surface area contributed by atoms with E-state index in [2.05, 4.69) is 4.74 Å². The zero-order valence-electron chi connectivity index (χ0n) is 14.9. The van der Waals surface area contributed by atoms with E-state index < -0.39 is 18.0 Å². The number of esters is 2. The normalized spacial score (nSPS) is 19.0. The summed E-state index contributed by atoms with van der Waals surface area (Å²) in [6.45, 7) is 1.48. The first kappa shape index (κ1) is 19.0. The van der Waals surface area contributed by atoms with E-state index >= 15 is 0 Å². The van der Waals surface area contributed by atoms with E-state index in [1.54, 1.807) is 36.4 Å². The number of ether oxygens (including phenoxy) is 2. The summed E-state index contributed by atoms with van der Waals surface area (Å²) in [4.78, 5) is 37.6. The molecule has 0 unspecified atom stereocenters. The monoisotopic (exact) mass is 389 g/mol. The highest BCUT2D eigenvalue weighted by molar-refractivity contribution is 7.99. The zero-order valence-corrected chi connectivity index (χ0v) is 15.7. The molecule has 1 aliphatic heterocycles. The molecule has 2 atom stereocenters. The molecule has 7 nitrogen and oxygen atoms in total. The van der Waals surface area contributed by atoms with Gasteiger partial charge >= 0.3 is 11.9 Å². The minimum Gasteiger partial charge on any atom is -0.466 e. The molecule has 1 amide bonds. The summed E-state index contributed by atoms with van der Waals surface area (Å²) in [5.41, 5.74) is 1.16. The van der Waals surface area contributed by atoms with Gasteiger partial charge in [0.25, 0.3) is 0 Å². The van der Waals surface area contributed by atoms with Crippen LogP contribution in [0.4, 0.5) is 0 Å². The van der Waals surface area contributed by atoms with Crippen LogP contribution < -0.4 is 0 Å². The minimum atomic E-state index is -0.669. The first-order valence-corrected chi connectivity index (χ1v) is 9.34. The zero-order chi connectivity index (χ0) is 19.4. The first-order chi connectivity index (χ1) is 13.0. The van der Waals surface area contributed by atoms with Crippen LogP contribution in [0.3, 0.4) is 0 Å². The summed E-state index contributed by atoms with van der Waals surface area (Å²) in [5.74, 6) is -0.0495. The Balaban J connectivity index is 1.63. The van der Waals surface area contributed by atoms with E-state index in [9.17, 15) is 14.4 Å². The van der Waals surface area contributed by atoms with Crippen LogP contribution in [0.1, 0.15) is 34.0 Å². The Hall–Kier alpha value is -2.74. The van der Waals surface area contributed by atoms with E-state index in [-0.39, 0.29) is 17.9 Å². The molecule has 1 fully saturated rings. The van der Waals surface area contributed by atoms with E-state index in [1.807, 2.05) is 0 Å². The van der Waals surface area contributed by atoms with Gasteiger partial charge in [-0.15, -0.1) is 11.8 Å². The van der Waals surface area contributed by atoms with E-state index in [0.717, 1.165) is 5.56 Å². The van der Waals surface area contributed by atoms with Crippen LogP contribution in [0.2, 0.25) is 0 Å². The van der Waals surface area contributed by atoms with E-state index in [0.29, 0.717) is 17.1 Å². The van der Waals surface area contributed by atoms with Gasteiger partial charge in [-0.2, -0.15) is 0 Å². The molecule has 2 aromatic rings. The van der Waals surface area contributed by atoms with Crippen LogP contribution in [0.5, 0.6) is 0 Å². The first-order valence-electron chi connectivity index (χ1n) is 8.29. The average Bonchev–Trinajstić information content (AvgIpc) is 3.35. The molecule has 0 saturated carbocycles. The van der Waals surface area contributed by atoms with Crippen molar-refractivity contribution in [1.29, 1.82) is 0 Å². The molecule has 0 N–H and O–H groups in total. The Morgan fingerprint density at radius 1 is 1.22 bits per heavy atom. The van der Waals surface area contributed by atoms with E-state index in [1.165, 1.54) is 37.0 Å². The predicted octanol–water partition coefficient (Wildman–Crippen LogP) is 2.77. The fourth-order valence-corrected chi connectivity index (χ4v) is 4.24. The van der Waals surface area contributed by atoms with Gasteiger partial charge < -0.3 is 18.8 Å². The maximum Gasteiger partial charge on any atom is 0.337 e.